The number of hydrogen-bond acceptors (Lipinski definition) is 3. The lowest BCUT2D eigenvalue weighted by Crippen LogP contribution is -2.20. The summed E-state index contributed by atoms with van der Waals surface area (Å²) in [6.07, 6.45) is 1.62. The summed E-state index contributed by atoms with van der Waals surface area (Å²) in [5, 5.41) is 0. The SMILES string of the molecule is CC(C)(C)C(=O)c1ccc(-c2nc3ccccc3[nH]2)nc1. The van der Waals surface area contributed by atoms with Crippen LogP contribution in [0.15, 0.2) is 42.6 Å². The summed E-state index contributed by atoms with van der Waals surface area (Å²) < 4.78 is 0. The van der Waals surface area contributed by atoms with Gasteiger partial charge in [-0.3, -0.25) is 9.78 Å². The first-order valence-electron chi connectivity index (χ1n) is 6.91. The molecular formula is C17H17N3O. The van der Waals surface area contributed by atoms with E-state index in [2.05, 4.69) is 15.0 Å². The molecule has 0 aliphatic rings. The Kier molecular flexibility index (Phi) is 3.09. The summed E-state index contributed by atoms with van der Waals surface area (Å²) >= 11 is 0. The number of Topliss-reactive ketones (excluding diaryl/α,β-unsaturated/α-hetero) is 1. The minimum atomic E-state index is -0.400. The first-order valence-corrected chi connectivity index (χ1v) is 6.91. The van der Waals surface area contributed by atoms with Crippen molar-refractivity contribution in [1.29, 1.82) is 0 Å². The Hall–Kier alpha value is -2.49. The molecule has 0 aliphatic carbocycles. The summed E-state index contributed by atoms with van der Waals surface area (Å²) in [5.74, 6) is 0.803. The molecule has 0 aliphatic heterocycles. The Morgan fingerprint density at radius 2 is 1.86 bits per heavy atom. The molecule has 2 aromatic heterocycles. The van der Waals surface area contributed by atoms with Crippen molar-refractivity contribution in [2.24, 2.45) is 5.41 Å². The van der Waals surface area contributed by atoms with Gasteiger partial charge in [-0.05, 0) is 24.3 Å². The molecule has 0 radical (unpaired) electrons. The maximum atomic E-state index is 12.2. The lowest BCUT2D eigenvalue weighted by molar-refractivity contribution is 0.0858. The van der Waals surface area contributed by atoms with Crippen molar-refractivity contribution in [3.8, 4) is 11.5 Å². The van der Waals surface area contributed by atoms with Gasteiger partial charge in [-0.25, -0.2) is 4.98 Å². The first kappa shape index (κ1) is 13.5. The molecule has 0 bridgehead atoms. The minimum absolute atomic E-state index is 0.0890. The summed E-state index contributed by atoms with van der Waals surface area (Å²) in [4.78, 5) is 24.3. The average Bonchev–Trinajstić information content (AvgIpc) is 2.89. The van der Waals surface area contributed by atoms with Gasteiger partial charge >= 0.3 is 0 Å². The van der Waals surface area contributed by atoms with E-state index in [1.807, 2.05) is 57.2 Å². The number of carbonyl (C=O) groups excluding carboxylic acids is 1. The molecule has 3 rings (SSSR count). The number of ketones is 1. The molecule has 3 aromatic rings. The molecular weight excluding hydrogens is 262 g/mol. The maximum absolute atomic E-state index is 12.2. The van der Waals surface area contributed by atoms with Gasteiger partial charge in [0, 0.05) is 17.2 Å². The van der Waals surface area contributed by atoms with Crippen molar-refractivity contribution in [1.82, 2.24) is 15.0 Å². The van der Waals surface area contributed by atoms with E-state index < -0.39 is 5.41 Å². The molecule has 0 amide bonds. The summed E-state index contributed by atoms with van der Waals surface area (Å²) in [7, 11) is 0. The van der Waals surface area contributed by atoms with Gasteiger partial charge < -0.3 is 4.98 Å². The van der Waals surface area contributed by atoms with E-state index in [4.69, 9.17) is 0 Å². The zero-order chi connectivity index (χ0) is 15.0. The second kappa shape index (κ2) is 4.81. The number of fused-ring (bicyclic) bond motifs is 1. The number of imidazole rings is 1. The number of pyridine rings is 1. The van der Waals surface area contributed by atoms with Crippen molar-refractivity contribution in [3.63, 3.8) is 0 Å². The second-order valence-corrected chi connectivity index (χ2v) is 6.11. The van der Waals surface area contributed by atoms with E-state index >= 15 is 0 Å². The maximum Gasteiger partial charge on any atom is 0.169 e. The predicted molar refractivity (Wildman–Crippen MR) is 83.1 cm³/mol. The van der Waals surface area contributed by atoms with Crippen molar-refractivity contribution in [2.45, 2.75) is 20.8 Å². The molecule has 1 N–H and O–H groups in total. The van der Waals surface area contributed by atoms with Crippen LogP contribution in [0.25, 0.3) is 22.6 Å². The molecule has 0 spiro atoms. The number of aromatic nitrogens is 3. The standard InChI is InChI=1S/C17H17N3O/c1-17(2,3)15(21)11-8-9-14(18-10-11)16-19-12-6-4-5-7-13(12)20-16/h4-10H,1-3H3,(H,19,20). The van der Waals surface area contributed by atoms with Crippen LogP contribution >= 0.6 is 0 Å². The highest BCUT2D eigenvalue weighted by Gasteiger charge is 2.23. The van der Waals surface area contributed by atoms with Crippen LogP contribution in [0.4, 0.5) is 0 Å². The third-order valence-electron chi connectivity index (χ3n) is 3.34. The molecule has 0 unspecified atom stereocenters. The third-order valence-corrected chi connectivity index (χ3v) is 3.34. The molecule has 4 nitrogen and oxygen atoms in total. The number of aromatic amines is 1. The largest absolute Gasteiger partial charge is 0.337 e. The third kappa shape index (κ3) is 2.57. The molecule has 0 saturated heterocycles. The van der Waals surface area contributed by atoms with E-state index in [9.17, 15) is 4.79 Å². The highest BCUT2D eigenvalue weighted by molar-refractivity contribution is 5.99. The van der Waals surface area contributed by atoms with Gasteiger partial charge in [0.05, 0.1) is 11.0 Å². The van der Waals surface area contributed by atoms with Gasteiger partial charge in [0.2, 0.25) is 0 Å². The minimum Gasteiger partial charge on any atom is -0.337 e. The van der Waals surface area contributed by atoms with E-state index in [1.54, 1.807) is 6.20 Å². The fraction of sp³-hybridized carbons (Fsp3) is 0.235. The highest BCUT2D eigenvalue weighted by Crippen LogP contribution is 2.22. The number of para-hydroxylation sites is 2. The Labute approximate surface area is 123 Å². The Bertz CT molecular complexity index is 762. The van der Waals surface area contributed by atoms with Crippen LogP contribution in [0, 0.1) is 5.41 Å². The van der Waals surface area contributed by atoms with Crippen LogP contribution in [0.3, 0.4) is 0 Å². The molecule has 0 saturated carbocycles. The smallest absolute Gasteiger partial charge is 0.169 e. The van der Waals surface area contributed by atoms with Crippen molar-refractivity contribution >= 4 is 16.8 Å². The average molecular weight is 279 g/mol. The molecule has 21 heavy (non-hydrogen) atoms. The fourth-order valence-corrected chi connectivity index (χ4v) is 2.18. The van der Waals surface area contributed by atoms with Crippen molar-refractivity contribution in [2.75, 3.05) is 0 Å². The quantitative estimate of drug-likeness (QED) is 0.725. The van der Waals surface area contributed by atoms with Gasteiger partial charge in [-0.2, -0.15) is 0 Å². The van der Waals surface area contributed by atoms with E-state index in [0.717, 1.165) is 16.7 Å². The van der Waals surface area contributed by atoms with E-state index in [-0.39, 0.29) is 5.78 Å². The van der Waals surface area contributed by atoms with Gasteiger partial charge in [-0.15, -0.1) is 0 Å². The lowest BCUT2D eigenvalue weighted by atomic mass is 9.87. The summed E-state index contributed by atoms with van der Waals surface area (Å²) in [5.41, 5.74) is 2.84. The predicted octanol–water partition coefficient (Wildman–Crippen LogP) is 3.85. The molecule has 1 aromatic carbocycles. The molecule has 0 atom stereocenters. The zero-order valence-electron chi connectivity index (χ0n) is 12.3. The molecule has 0 fully saturated rings. The summed E-state index contributed by atoms with van der Waals surface area (Å²) in [6.45, 7) is 5.72. The van der Waals surface area contributed by atoms with Crippen LogP contribution in [0.1, 0.15) is 31.1 Å². The number of benzene rings is 1. The van der Waals surface area contributed by atoms with E-state index in [0.29, 0.717) is 11.4 Å². The number of nitrogens with zero attached hydrogens (tertiary/aromatic N) is 2. The van der Waals surface area contributed by atoms with Crippen LogP contribution in [0.5, 0.6) is 0 Å². The first-order chi connectivity index (χ1) is 9.95. The Morgan fingerprint density at radius 1 is 1.10 bits per heavy atom. The Balaban J connectivity index is 1.95. The topological polar surface area (TPSA) is 58.6 Å². The normalized spacial score (nSPS) is 11.8. The van der Waals surface area contributed by atoms with Crippen LogP contribution < -0.4 is 0 Å². The summed E-state index contributed by atoms with van der Waals surface area (Å²) in [6, 6.07) is 11.5. The molecule has 2 heterocycles. The van der Waals surface area contributed by atoms with Gasteiger partial charge in [-0.1, -0.05) is 32.9 Å². The van der Waals surface area contributed by atoms with Crippen LogP contribution in [0.2, 0.25) is 0 Å². The molecule has 4 heteroatoms. The number of H-pyrrole nitrogens is 1. The van der Waals surface area contributed by atoms with Crippen molar-refractivity contribution in [3.05, 3.63) is 48.2 Å². The van der Waals surface area contributed by atoms with Crippen molar-refractivity contribution < 1.29 is 4.79 Å². The van der Waals surface area contributed by atoms with Gasteiger partial charge in [0.25, 0.3) is 0 Å². The zero-order valence-corrected chi connectivity index (χ0v) is 12.3. The van der Waals surface area contributed by atoms with Gasteiger partial charge in [0.1, 0.15) is 5.69 Å². The van der Waals surface area contributed by atoms with E-state index in [1.165, 1.54) is 0 Å². The highest BCUT2D eigenvalue weighted by atomic mass is 16.1. The van der Waals surface area contributed by atoms with Crippen LogP contribution in [-0.2, 0) is 0 Å². The second-order valence-electron chi connectivity index (χ2n) is 6.11. The van der Waals surface area contributed by atoms with Gasteiger partial charge in [0.15, 0.2) is 11.6 Å². The fourth-order valence-electron chi connectivity index (χ4n) is 2.18. The number of carbonyl (C=O) groups is 1. The number of rotatable bonds is 2. The van der Waals surface area contributed by atoms with Crippen LogP contribution in [-0.4, -0.2) is 20.7 Å². The monoisotopic (exact) mass is 279 g/mol. The lowest BCUT2D eigenvalue weighted by Gasteiger charge is -2.16. The number of hydrogen-bond donors (Lipinski definition) is 1. The molecule has 106 valence electrons. The Morgan fingerprint density at radius 3 is 2.48 bits per heavy atom. The number of nitrogens with one attached hydrogen (secondary N) is 1.